The summed E-state index contributed by atoms with van der Waals surface area (Å²) < 4.78 is 0. The molecule has 1 aliphatic rings. The molecular weight excluding hydrogens is 332 g/mol. The first kappa shape index (κ1) is 19.6. The Balaban J connectivity index is 2.07. The summed E-state index contributed by atoms with van der Waals surface area (Å²) in [6.07, 6.45) is 7.30. The van der Waals surface area contributed by atoms with Gasteiger partial charge in [0, 0.05) is 12.1 Å². The van der Waals surface area contributed by atoms with Crippen molar-refractivity contribution in [1.29, 1.82) is 0 Å². The number of nitrogens with zero attached hydrogens (tertiary/aromatic N) is 2. The molecule has 0 saturated heterocycles. The van der Waals surface area contributed by atoms with Crippen LogP contribution >= 0.6 is 0 Å². The van der Waals surface area contributed by atoms with Crippen molar-refractivity contribution in [2.24, 2.45) is 10.6 Å². The number of nitro benzene ring substituents is 1. The smallest absolute Gasteiger partial charge is 0.313 e. The molecule has 0 amide bonds. The van der Waals surface area contributed by atoms with Crippen molar-refractivity contribution in [1.82, 2.24) is 0 Å². The Morgan fingerprint density at radius 3 is 2.77 bits per heavy atom. The fraction of sp³-hybridized carbons (Fsp3) is 0.400. The number of carbonyl (C=O) groups excluding carboxylic acids is 1. The molecule has 0 aromatic heterocycles. The number of benzene rings is 1. The Morgan fingerprint density at radius 1 is 1.38 bits per heavy atom. The molecule has 6 nitrogen and oxygen atoms in total. The molecule has 0 aliphatic heterocycles. The van der Waals surface area contributed by atoms with Gasteiger partial charge in [-0.1, -0.05) is 36.7 Å². The zero-order chi connectivity index (χ0) is 19.3. The quantitative estimate of drug-likeness (QED) is 0.314. The van der Waals surface area contributed by atoms with Gasteiger partial charge in [-0.15, -0.1) is 0 Å². The first-order chi connectivity index (χ1) is 12.2. The van der Waals surface area contributed by atoms with Gasteiger partial charge in [0.15, 0.2) is 0 Å². The third-order valence-electron chi connectivity index (χ3n) is 4.60. The first-order valence-electron chi connectivity index (χ1n) is 8.59. The van der Waals surface area contributed by atoms with Crippen molar-refractivity contribution in [3.63, 3.8) is 0 Å². The normalized spacial score (nSPS) is 17.5. The lowest BCUT2D eigenvalue weighted by atomic mass is 9.72. The Bertz CT molecular complexity index is 804. The van der Waals surface area contributed by atoms with Crippen molar-refractivity contribution in [3.05, 3.63) is 63.2 Å². The maximum atomic E-state index is 12.0. The highest BCUT2D eigenvalue weighted by molar-refractivity contribution is 5.95. The van der Waals surface area contributed by atoms with E-state index in [0.29, 0.717) is 5.71 Å². The molecule has 0 N–H and O–H groups in total. The largest absolute Gasteiger partial charge is 0.365 e. The topological polar surface area (TPSA) is 81.8 Å². The zero-order valence-electron chi connectivity index (χ0n) is 15.6. The highest BCUT2D eigenvalue weighted by Crippen LogP contribution is 2.40. The molecule has 1 aliphatic carbocycles. The van der Waals surface area contributed by atoms with E-state index in [4.69, 9.17) is 4.84 Å². The number of allylic oxidation sites excluding steroid dienone is 4. The summed E-state index contributed by atoms with van der Waals surface area (Å²) >= 11 is 0. The molecule has 0 radical (unpaired) electrons. The third-order valence-corrected chi connectivity index (χ3v) is 4.60. The molecule has 2 rings (SSSR count). The van der Waals surface area contributed by atoms with Gasteiger partial charge in [0.05, 0.1) is 16.2 Å². The van der Waals surface area contributed by atoms with Crippen LogP contribution in [0, 0.1) is 15.5 Å². The Kier molecular flexibility index (Phi) is 6.08. The van der Waals surface area contributed by atoms with Gasteiger partial charge in [-0.3, -0.25) is 10.1 Å². The highest BCUT2D eigenvalue weighted by atomic mass is 16.7. The number of rotatable bonds is 5. The predicted octanol–water partition coefficient (Wildman–Crippen LogP) is 5.21. The summed E-state index contributed by atoms with van der Waals surface area (Å²) in [7, 11) is 0. The molecule has 1 aromatic rings. The maximum absolute atomic E-state index is 12.0. The zero-order valence-corrected chi connectivity index (χ0v) is 15.6. The molecule has 0 saturated carbocycles. The number of non-ortho nitro benzene ring substituents is 1. The van der Waals surface area contributed by atoms with Gasteiger partial charge in [-0.25, -0.2) is 4.79 Å². The predicted molar refractivity (Wildman–Crippen MR) is 101 cm³/mol. The third kappa shape index (κ3) is 4.88. The molecule has 138 valence electrons. The first-order valence-corrected chi connectivity index (χ1v) is 8.59. The van der Waals surface area contributed by atoms with Crippen LogP contribution in [0.1, 0.15) is 57.3 Å². The lowest BCUT2D eigenvalue weighted by Gasteiger charge is -2.32. The standard InChI is InChI=1S/C20H24N2O4/c1-14-7-6-12-20(3,4)18(14)11-10-15(2)21-26-19(23)16-8-5-9-17(13-16)22(24)25/h5,8-11,13H,6-7,12H2,1-4H3/b11-10+,21-15-. The van der Waals surface area contributed by atoms with Gasteiger partial charge in [-0.2, -0.15) is 0 Å². The molecule has 0 heterocycles. The summed E-state index contributed by atoms with van der Waals surface area (Å²) in [6, 6.07) is 5.37. The van der Waals surface area contributed by atoms with Gasteiger partial charge in [0.25, 0.3) is 5.69 Å². The average Bonchev–Trinajstić information content (AvgIpc) is 2.58. The summed E-state index contributed by atoms with van der Waals surface area (Å²) in [5, 5.41) is 14.6. The van der Waals surface area contributed by atoms with Crippen LogP contribution in [0.4, 0.5) is 5.69 Å². The lowest BCUT2D eigenvalue weighted by Crippen LogP contribution is -2.19. The van der Waals surface area contributed by atoms with Crippen molar-refractivity contribution < 1.29 is 14.6 Å². The number of hydrogen-bond donors (Lipinski definition) is 0. The van der Waals surface area contributed by atoms with E-state index in [-0.39, 0.29) is 16.7 Å². The summed E-state index contributed by atoms with van der Waals surface area (Å²) in [6.45, 7) is 8.34. The van der Waals surface area contributed by atoms with Crippen LogP contribution in [0.3, 0.4) is 0 Å². The molecule has 1 aromatic carbocycles. The van der Waals surface area contributed by atoms with Crippen molar-refractivity contribution in [2.75, 3.05) is 0 Å². The van der Waals surface area contributed by atoms with Crippen LogP contribution in [0.25, 0.3) is 0 Å². The molecular formula is C20H24N2O4. The Hall–Kier alpha value is -2.76. The van der Waals surface area contributed by atoms with Crippen LogP contribution < -0.4 is 0 Å². The number of oxime groups is 1. The van der Waals surface area contributed by atoms with Crippen LogP contribution in [0.2, 0.25) is 0 Å². The number of carbonyl (C=O) groups is 1. The van der Waals surface area contributed by atoms with Crippen LogP contribution in [0.5, 0.6) is 0 Å². The molecule has 0 spiro atoms. The van der Waals surface area contributed by atoms with E-state index in [1.54, 1.807) is 6.92 Å². The van der Waals surface area contributed by atoms with E-state index in [9.17, 15) is 14.9 Å². The van der Waals surface area contributed by atoms with Gasteiger partial charge in [0.2, 0.25) is 0 Å². The molecule has 6 heteroatoms. The molecule has 26 heavy (non-hydrogen) atoms. The average molecular weight is 356 g/mol. The van der Waals surface area contributed by atoms with Crippen LogP contribution in [0.15, 0.2) is 52.7 Å². The van der Waals surface area contributed by atoms with E-state index in [2.05, 4.69) is 25.9 Å². The Morgan fingerprint density at radius 2 is 2.12 bits per heavy atom. The number of hydrogen-bond acceptors (Lipinski definition) is 5. The summed E-state index contributed by atoms with van der Waals surface area (Å²) in [5.74, 6) is -0.727. The van der Waals surface area contributed by atoms with Gasteiger partial charge < -0.3 is 4.84 Å². The molecule has 0 atom stereocenters. The van der Waals surface area contributed by atoms with E-state index in [1.165, 1.54) is 41.8 Å². The second kappa shape index (κ2) is 8.08. The van der Waals surface area contributed by atoms with Crippen molar-refractivity contribution >= 4 is 17.4 Å². The number of nitro groups is 1. The molecule has 0 bridgehead atoms. The minimum Gasteiger partial charge on any atom is -0.313 e. The van der Waals surface area contributed by atoms with Gasteiger partial charge >= 0.3 is 5.97 Å². The molecule has 0 unspecified atom stereocenters. The minimum absolute atomic E-state index is 0.0895. The second-order valence-corrected chi connectivity index (χ2v) is 7.18. The van der Waals surface area contributed by atoms with Crippen molar-refractivity contribution in [3.8, 4) is 0 Å². The van der Waals surface area contributed by atoms with E-state index in [0.717, 1.165) is 12.8 Å². The van der Waals surface area contributed by atoms with Crippen molar-refractivity contribution in [2.45, 2.75) is 47.0 Å². The van der Waals surface area contributed by atoms with E-state index in [1.807, 2.05) is 12.2 Å². The fourth-order valence-corrected chi connectivity index (χ4v) is 3.16. The molecule has 0 fully saturated rings. The van der Waals surface area contributed by atoms with E-state index >= 15 is 0 Å². The minimum atomic E-state index is -0.727. The SMILES string of the molecule is CC1=C(/C=C/C(C)=N\OC(=O)c2cccc([N+](=O)[O-])c2)C(C)(C)CCC1. The maximum Gasteiger partial charge on any atom is 0.365 e. The van der Waals surface area contributed by atoms with Crippen LogP contribution in [-0.4, -0.2) is 16.6 Å². The summed E-state index contributed by atoms with van der Waals surface area (Å²) in [5.41, 5.74) is 3.26. The highest BCUT2D eigenvalue weighted by Gasteiger charge is 2.26. The fourth-order valence-electron chi connectivity index (χ4n) is 3.16. The van der Waals surface area contributed by atoms with E-state index < -0.39 is 10.9 Å². The Labute approximate surface area is 153 Å². The lowest BCUT2D eigenvalue weighted by molar-refractivity contribution is -0.384. The van der Waals surface area contributed by atoms with Gasteiger partial charge in [0.1, 0.15) is 0 Å². The monoisotopic (exact) mass is 356 g/mol. The second-order valence-electron chi connectivity index (χ2n) is 7.18. The van der Waals surface area contributed by atoms with Gasteiger partial charge in [-0.05, 0) is 56.2 Å². The van der Waals surface area contributed by atoms with Crippen LogP contribution in [-0.2, 0) is 4.84 Å². The summed E-state index contributed by atoms with van der Waals surface area (Å²) in [4.78, 5) is 27.1.